The van der Waals surface area contributed by atoms with E-state index in [0.29, 0.717) is 32.6 Å². The molecule has 2 aliphatic heterocycles. The molecule has 2 heterocycles. The first-order chi connectivity index (χ1) is 14.8. The van der Waals surface area contributed by atoms with Gasteiger partial charge in [0, 0.05) is 39.0 Å². The van der Waals surface area contributed by atoms with Gasteiger partial charge in [-0.1, -0.05) is 30.3 Å². The van der Waals surface area contributed by atoms with Gasteiger partial charge in [-0.15, -0.1) is 0 Å². The molecule has 0 aromatic heterocycles. The Kier molecular flexibility index (Phi) is 7.21. The monoisotopic (exact) mass is 410 g/mol. The van der Waals surface area contributed by atoms with E-state index in [1.54, 1.807) is 0 Å². The molecule has 2 aromatic rings. The maximum atomic E-state index is 12.3. The van der Waals surface area contributed by atoms with Crippen molar-refractivity contribution >= 4 is 5.91 Å². The van der Waals surface area contributed by atoms with Gasteiger partial charge in [-0.3, -0.25) is 9.69 Å². The molecule has 0 spiro atoms. The van der Waals surface area contributed by atoms with Gasteiger partial charge in [0.2, 0.25) is 5.91 Å². The number of rotatable bonds is 7. The molecule has 0 saturated carbocycles. The van der Waals surface area contributed by atoms with Crippen LogP contribution in [0.4, 0.5) is 0 Å². The zero-order valence-electron chi connectivity index (χ0n) is 17.4. The van der Waals surface area contributed by atoms with Crippen molar-refractivity contribution in [3.05, 3.63) is 59.2 Å². The standard InChI is InChI=1S/C24H30N2O4/c27-24(8-6-19-5-7-22-23(16-19)30-12-2-11-29-22)25-17-20-3-1-4-21(15-20)18-26-9-13-28-14-10-26/h1,3-5,7,15-16H,2,6,8-14,17-18H2,(H,25,27). The number of nitrogens with one attached hydrogen (secondary N) is 1. The molecular weight excluding hydrogens is 380 g/mol. The first kappa shape index (κ1) is 20.7. The second-order valence-electron chi connectivity index (χ2n) is 7.82. The number of carbonyl (C=O) groups is 1. The van der Waals surface area contributed by atoms with Crippen LogP contribution in [0.25, 0.3) is 0 Å². The first-order valence-corrected chi connectivity index (χ1v) is 10.8. The first-order valence-electron chi connectivity index (χ1n) is 10.8. The van der Waals surface area contributed by atoms with E-state index in [4.69, 9.17) is 14.2 Å². The second-order valence-corrected chi connectivity index (χ2v) is 7.82. The number of benzene rings is 2. The van der Waals surface area contributed by atoms with Crippen LogP contribution in [0.15, 0.2) is 42.5 Å². The van der Waals surface area contributed by atoms with Crippen LogP contribution in [0.5, 0.6) is 11.5 Å². The third kappa shape index (κ3) is 5.97. The summed E-state index contributed by atoms with van der Waals surface area (Å²) < 4.78 is 16.8. The summed E-state index contributed by atoms with van der Waals surface area (Å²) in [6.07, 6.45) is 2.02. The van der Waals surface area contributed by atoms with E-state index in [-0.39, 0.29) is 5.91 Å². The fourth-order valence-electron chi connectivity index (χ4n) is 3.77. The van der Waals surface area contributed by atoms with Gasteiger partial charge < -0.3 is 19.5 Å². The molecule has 0 atom stereocenters. The Balaban J connectivity index is 1.24. The minimum absolute atomic E-state index is 0.0562. The zero-order valence-corrected chi connectivity index (χ0v) is 17.4. The molecule has 6 nitrogen and oxygen atoms in total. The van der Waals surface area contributed by atoms with Gasteiger partial charge in [0.25, 0.3) is 0 Å². The molecule has 30 heavy (non-hydrogen) atoms. The van der Waals surface area contributed by atoms with Gasteiger partial charge in [0.15, 0.2) is 11.5 Å². The SMILES string of the molecule is O=C(CCc1ccc2c(c1)OCCCO2)NCc1cccc(CN2CCOCC2)c1. The molecule has 6 heteroatoms. The van der Waals surface area contributed by atoms with Crippen molar-refractivity contribution in [1.82, 2.24) is 10.2 Å². The second kappa shape index (κ2) is 10.5. The lowest BCUT2D eigenvalue weighted by atomic mass is 10.1. The van der Waals surface area contributed by atoms with E-state index in [1.807, 2.05) is 18.2 Å². The van der Waals surface area contributed by atoms with Gasteiger partial charge >= 0.3 is 0 Å². The molecule has 0 unspecified atom stereocenters. The number of hydrogen-bond acceptors (Lipinski definition) is 5. The van der Waals surface area contributed by atoms with E-state index in [1.165, 1.54) is 5.56 Å². The molecule has 2 aliphatic rings. The Morgan fingerprint density at radius 2 is 1.70 bits per heavy atom. The zero-order chi connectivity index (χ0) is 20.6. The highest BCUT2D eigenvalue weighted by atomic mass is 16.5. The van der Waals surface area contributed by atoms with Crippen LogP contribution in [0, 0.1) is 0 Å². The highest BCUT2D eigenvalue weighted by molar-refractivity contribution is 5.76. The summed E-state index contributed by atoms with van der Waals surface area (Å²) in [6.45, 7) is 6.38. The van der Waals surface area contributed by atoms with Gasteiger partial charge in [0.05, 0.1) is 26.4 Å². The third-order valence-electron chi connectivity index (χ3n) is 5.44. The van der Waals surface area contributed by atoms with Crippen LogP contribution in [0.2, 0.25) is 0 Å². The molecule has 0 aliphatic carbocycles. The van der Waals surface area contributed by atoms with Crippen LogP contribution < -0.4 is 14.8 Å². The lowest BCUT2D eigenvalue weighted by Crippen LogP contribution is -2.35. The number of carbonyl (C=O) groups excluding carboxylic acids is 1. The molecule has 160 valence electrons. The van der Waals surface area contributed by atoms with Crippen molar-refractivity contribution in [1.29, 1.82) is 0 Å². The smallest absolute Gasteiger partial charge is 0.220 e. The molecule has 0 bridgehead atoms. The largest absolute Gasteiger partial charge is 0.490 e. The van der Waals surface area contributed by atoms with E-state index in [0.717, 1.165) is 61.9 Å². The lowest BCUT2D eigenvalue weighted by Gasteiger charge is -2.26. The Bertz CT molecular complexity index is 849. The fourth-order valence-corrected chi connectivity index (χ4v) is 3.77. The average Bonchev–Trinajstić information content (AvgIpc) is 3.02. The maximum Gasteiger partial charge on any atom is 0.220 e. The Hall–Kier alpha value is -2.57. The summed E-state index contributed by atoms with van der Waals surface area (Å²) in [5, 5.41) is 3.04. The number of morpholine rings is 1. The summed E-state index contributed by atoms with van der Waals surface area (Å²) in [4.78, 5) is 14.7. The Labute approximate surface area is 178 Å². The molecule has 1 fully saturated rings. The number of ether oxygens (including phenoxy) is 3. The minimum Gasteiger partial charge on any atom is -0.490 e. The highest BCUT2D eigenvalue weighted by Crippen LogP contribution is 2.30. The Morgan fingerprint density at radius 3 is 2.57 bits per heavy atom. The van der Waals surface area contributed by atoms with Crippen molar-refractivity contribution in [2.45, 2.75) is 32.4 Å². The number of aryl methyl sites for hydroxylation is 1. The van der Waals surface area contributed by atoms with Crippen molar-refractivity contribution in [3.63, 3.8) is 0 Å². The van der Waals surface area contributed by atoms with Crippen LogP contribution in [0.3, 0.4) is 0 Å². The highest BCUT2D eigenvalue weighted by Gasteiger charge is 2.12. The molecule has 2 aromatic carbocycles. The molecule has 0 radical (unpaired) electrons. The van der Waals surface area contributed by atoms with Crippen LogP contribution >= 0.6 is 0 Å². The number of hydrogen-bond donors (Lipinski definition) is 1. The lowest BCUT2D eigenvalue weighted by molar-refractivity contribution is -0.121. The number of amides is 1. The minimum atomic E-state index is 0.0562. The molecular formula is C24H30N2O4. The van der Waals surface area contributed by atoms with Crippen molar-refractivity contribution in [3.8, 4) is 11.5 Å². The molecule has 1 saturated heterocycles. The Morgan fingerprint density at radius 1 is 0.900 bits per heavy atom. The summed E-state index contributed by atoms with van der Waals surface area (Å²) in [5.74, 6) is 1.63. The van der Waals surface area contributed by atoms with Gasteiger partial charge in [-0.25, -0.2) is 0 Å². The molecule has 1 N–H and O–H groups in total. The van der Waals surface area contributed by atoms with Gasteiger partial charge in [-0.2, -0.15) is 0 Å². The van der Waals surface area contributed by atoms with Gasteiger partial charge in [0.1, 0.15) is 0 Å². The van der Waals surface area contributed by atoms with Crippen molar-refractivity contribution < 1.29 is 19.0 Å². The quantitative estimate of drug-likeness (QED) is 0.761. The predicted molar refractivity (Wildman–Crippen MR) is 115 cm³/mol. The van der Waals surface area contributed by atoms with E-state index in [2.05, 4.69) is 34.5 Å². The van der Waals surface area contributed by atoms with Crippen molar-refractivity contribution in [2.24, 2.45) is 0 Å². The summed E-state index contributed by atoms with van der Waals surface area (Å²) >= 11 is 0. The summed E-state index contributed by atoms with van der Waals surface area (Å²) in [7, 11) is 0. The topological polar surface area (TPSA) is 60.0 Å². The third-order valence-corrected chi connectivity index (χ3v) is 5.44. The molecule has 1 amide bonds. The summed E-state index contributed by atoms with van der Waals surface area (Å²) in [6, 6.07) is 14.4. The van der Waals surface area contributed by atoms with E-state index in [9.17, 15) is 4.79 Å². The molecule has 4 rings (SSSR count). The fraction of sp³-hybridized carbons (Fsp3) is 0.458. The van der Waals surface area contributed by atoms with Crippen LogP contribution in [-0.2, 0) is 29.0 Å². The van der Waals surface area contributed by atoms with Crippen LogP contribution in [-0.4, -0.2) is 50.3 Å². The summed E-state index contributed by atoms with van der Waals surface area (Å²) in [5.41, 5.74) is 3.49. The van der Waals surface area contributed by atoms with Crippen molar-refractivity contribution in [2.75, 3.05) is 39.5 Å². The van der Waals surface area contributed by atoms with Crippen LogP contribution in [0.1, 0.15) is 29.5 Å². The number of nitrogens with zero attached hydrogens (tertiary/aromatic N) is 1. The average molecular weight is 411 g/mol. The number of fused-ring (bicyclic) bond motifs is 1. The maximum absolute atomic E-state index is 12.3. The predicted octanol–water partition coefficient (Wildman–Crippen LogP) is 2.93. The van der Waals surface area contributed by atoms with E-state index >= 15 is 0 Å². The van der Waals surface area contributed by atoms with E-state index < -0.39 is 0 Å². The normalized spacial score (nSPS) is 16.7. The van der Waals surface area contributed by atoms with Gasteiger partial charge in [-0.05, 0) is 35.2 Å².